The van der Waals surface area contributed by atoms with Gasteiger partial charge in [0.15, 0.2) is 0 Å². The molecule has 6 nitrogen and oxygen atoms in total. The van der Waals surface area contributed by atoms with Crippen molar-refractivity contribution in [2.75, 3.05) is 17.1 Å². The monoisotopic (exact) mass is 484 g/mol. The summed E-state index contributed by atoms with van der Waals surface area (Å²) in [6.45, 7) is 3.70. The van der Waals surface area contributed by atoms with E-state index in [1.807, 2.05) is 24.3 Å². The number of fused-ring (bicyclic) bond motifs is 1. The van der Waals surface area contributed by atoms with Crippen molar-refractivity contribution >= 4 is 44.8 Å². The average molecular weight is 485 g/mol. The molecule has 0 spiro atoms. The molecule has 0 aliphatic carbocycles. The normalized spacial score (nSPS) is 17.4. The highest BCUT2D eigenvalue weighted by atomic mass is 35.5. The van der Waals surface area contributed by atoms with E-state index in [0.29, 0.717) is 6.42 Å². The second-order valence-corrected chi connectivity index (χ2v) is 10.4. The second kappa shape index (κ2) is 9.27. The van der Waals surface area contributed by atoms with E-state index >= 15 is 0 Å². The molecule has 0 radical (unpaired) electrons. The lowest BCUT2D eigenvalue weighted by Gasteiger charge is -2.41. The lowest BCUT2D eigenvalue weighted by Crippen LogP contribution is -2.47. The van der Waals surface area contributed by atoms with Crippen molar-refractivity contribution in [3.8, 4) is 5.75 Å². The van der Waals surface area contributed by atoms with Crippen LogP contribution in [0.5, 0.6) is 5.75 Å². The molecule has 1 aliphatic rings. The summed E-state index contributed by atoms with van der Waals surface area (Å²) >= 11 is 12.3. The molecule has 1 heterocycles. The zero-order valence-corrected chi connectivity index (χ0v) is 20.0. The summed E-state index contributed by atoms with van der Waals surface area (Å²) in [5, 5.41) is 3.29. The Labute approximate surface area is 193 Å². The first-order valence-corrected chi connectivity index (χ1v) is 12.7. The molecule has 1 aliphatic heterocycles. The molecule has 0 fully saturated rings. The maximum atomic E-state index is 13.0. The maximum absolute atomic E-state index is 13.0. The van der Waals surface area contributed by atoms with E-state index in [4.69, 9.17) is 27.9 Å². The molecule has 3 rings (SSSR count). The Hall–Kier alpha value is -1.96. The number of amides is 1. The van der Waals surface area contributed by atoms with Crippen LogP contribution in [0.25, 0.3) is 0 Å². The molecule has 2 aromatic rings. The third-order valence-corrected chi connectivity index (χ3v) is 7.64. The van der Waals surface area contributed by atoms with Crippen LogP contribution in [0.15, 0.2) is 42.5 Å². The number of nitrogens with zero attached hydrogens (tertiary/aromatic N) is 1. The van der Waals surface area contributed by atoms with Gasteiger partial charge in [-0.15, -0.1) is 0 Å². The molecule has 168 valence electrons. The smallest absolute Gasteiger partial charge is 0.241 e. The number of nitrogens with one attached hydrogen (secondary N) is 1. The summed E-state index contributed by atoms with van der Waals surface area (Å²) in [6.07, 6.45) is 3.20. The SMILES string of the molecule is CCC1(CC)C[C@H](NC(=O)CN(c2cccc(Cl)c2Cl)S(C)(=O)=O)c2ccccc2O1. The van der Waals surface area contributed by atoms with Gasteiger partial charge in [0, 0.05) is 12.0 Å². The van der Waals surface area contributed by atoms with E-state index in [1.165, 1.54) is 6.07 Å². The fourth-order valence-electron chi connectivity index (χ4n) is 3.87. The molecular formula is C22H26Cl2N2O4S. The molecule has 0 unspecified atom stereocenters. The number of halogens is 2. The highest BCUT2D eigenvalue weighted by Crippen LogP contribution is 2.42. The number of carbonyl (C=O) groups is 1. The van der Waals surface area contributed by atoms with Crippen LogP contribution in [0.1, 0.15) is 44.7 Å². The van der Waals surface area contributed by atoms with Gasteiger partial charge in [-0.05, 0) is 31.0 Å². The molecule has 1 N–H and O–H groups in total. The Bertz CT molecular complexity index is 1070. The molecule has 0 bridgehead atoms. The van der Waals surface area contributed by atoms with E-state index in [2.05, 4.69) is 19.2 Å². The lowest BCUT2D eigenvalue weighted by molar-refractivity contribution is -0.121. The van der Waals surface area contributed by atoms with Gasteiger partial charge in [0.1, 0.15) is 17.9 Å². The molecule has 1 amide bonds. The summed E-state index contributed by atoms with van der Waals surface area (Å²) in [5.74, 6) is 0.296. The van der Waals surface area contributed by atoms with Crippen molar-refractivity contribution in [2.45, 2.75) is 44.8 Å². The third-order valence-electron chi connectivity index (χ3n) is 5.71. The van der Waals surface area contributed by atoms with Crippen molar-refractivity contribution in [1.29, 1.82) is 0 Å². The van der Waals surface area contributed by atoms with Crippen LogP contribution in [-0.2, 0) is 14.8 Å². The number of sulfonamides is 1. The van der Waals surface area contributed by atoms with Crippen LogP contribution in [0.2, 0.25) is 10.0 Å². The molecule has 0 saturated carbocycles. The van der Waals surface area contributed by atoms with Crippen molar-refractivity contribution < 1.29 is 17.9 Å². The standard InChI is InChI=1S/C22H26Cl2N2O4S/c1-4-22(5-2)13-17(15-9-6-7-12-19(15)30-22)25-20(27)14-26(31(3,28)29)18-11-8-10-16(23)21(18)24/h6-12,17H,4-5,13-14H2,1-3H3,(H,25,27)/t17-/m0/s1. The number of para-hydroxylation sites is 1. The Morgan fingerprint density at radius 3 is 2.48 bits per heavy atom. The van der Waals surface area contributed by atoms with E-state index in [9.17, 15) is 13.2 Å². The van der Waals surface area contributed by atoms with Crippen LogP contribution in [0, 0.1) is 0 Å². The Morgan fingerprint density at radius 2 is 1.84 bits per heavy atom. The molecule has 1 atom stereocenters. The molecule has 0 saturated heterocycles. The number of hydrogen-bond donors (Lipinski definition) is 1. The zero-order valence-electron chi connectivity index (χ0n) is 17.7. The van der Waals surface area contributed by atoms with Gasteiger partial charge in [-0.3, -0.25) is 9.10 Å². The lowest BCUT2D eigenvalue weighted by atomic mass is 9.83. The van der Waals surface area contributed by atoms with E-state index < -0.39 is 22.5 Å². The van der Waals surface area contributed by atoms with Gasteiger partial charge in [-0.25, -0.2) is 8.42 Å². The fourth-order valence-corrected chi connectivity index (χ4v) is 5.18. The van der Waals surface area contributed by atoms with Crippen molar-refractivity contribution in [2.24, 2.45) is 0 Å². The van der Waals surface area contributed by atoms with Gasteiger partial charge in [0.05, 0.1) is 28.0 Å². The second-order valence-electron chi connectivity index (χ2n) is 7.70. The quantitative estimate of drug-likeness (QED) is 0.602. The Kier molecular flexibility index (Phi) is 7.08. The average Bonchev–Trinajstić information content (AvgIpc) is 2.73. The first-order chi connectivity index (χ1) is 14.6. The largest absolute Gasteiger partial charge is 0.487 e. The van der Waals surface area contributed by atoms with Crippen LogP contribution in [0.3, 0.4) is 0 Å². The van der Waals surface area contributed by atoms with Gasteiger partial charge in [0.25, 0.3) is 0 Å². The van der Waals surface area contributed by atoms with Gasteiger partial charge in [-0.2, -0.15) is 0 Å². The van der Waals surface area contributed by atoms with E-state index in [1.54, 1.807) is 12.1 Å². The Morgan fingerprint density at radius 1 is 1.16 bits per heavy atom. The summed E-state index contributed by atoms with van der Waals surface area (Å²) in [7, 11) is -3.78. The van der Waals surface area contributed by atoms with Crippen LogP contribution in [-0.4, -0.2) is 32.7 Å². The van der Waals surface area contributed by atoms with Crippen LogP contribution in [0.4, 0.5) is 5.69 Å². The molecule has 0 aromatic heterocycles. The first kappa shape index (κ1) is 23.7. The summed E-state index contributed by atoms with van der Waals surface area (Å²) in [4.78, 5) is 13.0. The minimum atomic E-state index is -3.78. The molecular weight excluding hydrogens is 459 g/mol. The highest BCUT2D eigenvalue weighted by molar-refractivity contribution is 7.92. The zero-order chi connectivity index (χ0) is 22.8. The topological polar surface area (TPSA) is 75.7 Å². The van der Waals surface area contributed by atoms with Gasteiger partial charge in [0.2, 0.25) is 15.9 Å². The number of benzene rings is 2. The maximum Gasteiger partial charge on any atom is 0.241 e. The summed E-state index contributed by atoms with van der Waals surface area (Å²) in [5.41, 5.74) is 0.648. The predicted octanol–water partition coefficient (Wildman–Crippen LogP) is 4.96. The van der Waals surface area contributed by atoms with E-state index in [-0.39, 0.29) is 27.4 Å². The molecule has 9 heteroatoms. The van der Waals surface area contributed by atoms with Gasteiger partial charge < -0.3 is 10.1 Å². The van der Waals surface area contributed by atoms with Crippen LogP contribution < -0.4 is 14.4 Å². The first-order valence-electron chi connectivity index (χ1n) is 10.1. The molecule has 31 heavy (non-hydrogen) atoms. The minimum absolute atomic E-state index is 0.0785. The van der Waals surface area contributed by atoms with E-state index in [0.717, 1.165) is 34.7 Å². The predicted molar refractivity (Wildman–Crippen MR) is 125 cm³/mol. The Balaban J connectivity index is 1.88. The summed E-state index contributed by atoms with van der Waals surface area (Å²) in [6, 6.07) is 12.0. The van der Waals surface area contributed by atoms with Crippen LogP contribution >= 0.6 is 23.2 Å². The fraction of sp³-hybridized carbons (Fsp3) is 0.409. The van der Waals surface area contributed by atoms with Crippen molar-refractivity contribution in [3.63, 3.8) is 0 Å². The number of anilines is 1. The summed E-state index contributed by atoms with van der Waals surface area (Å²) < 4.78 is 32.1. The molecule has 2 aromatic carbocycles. The number of carbonyl (C=O) groups excluding carboxylic acids is 1. The minimum Gasteiger partial charge on any atom is -0.487 e. The number of rotatable bonds is 7. The van der Waals surface area contributed by atoms with Gasteiger partial charge in [-0.1, -0.05) is 61.3 Å². The number of ether oxygens (including phenoxy) is 1. The third kappa shape index (κ3) is 5.10. The van der Waals surface area contributed by atoms with Crippen molar-refractivity contribution in [1.82, 2.24) is 5.32 Å². The van der Waals surface area contributed by atoms with Crippen molar-refractivity contribution in [3.05, 3.63) is 58.1 Å². The number of hydrogen-bond acceptors (Lipinski definition) is 4. The highest BCUT2D eigenvalue weighted by Gasteiger charge is 2.39. The van der Waals surface area contributed by atoms with Gasteiger partial charge >= 0.3 is 0 Å².